The summed E-state index contributed by atoms with van der Waals surface area (Å²) in [6.07, 6.45) is 1.66. The van der Waals surface area contributed by atoms with Crippen molar-refractivity contribution in [1.82, 2.24) is 4.98 Å². The first-order valence-electron chi connectivity index (χ1n) is 5.81. The van der Waals surface area contributed by atoms with Gasteiger partial charge in [0.15, 0.2) is 5.15 Å². The van der Waals surface area contributed by atoms with Crippen LogP contribution in [-0.2, 0) is 0 Å². The Morgan fingerprint density at radius 3 is 2.63 bits per heavy atom. The average Bonchev–Trinajstić information content (AvgIpc) is 2.37. The lowest BCUT2D eigenvalue weighted by atomic mass is 10.1. The highest BCUT2D eigenvalue weighted by molar-refractivity contribution is 6.32. The fourth-order valence-electron chi connectivity index (χ4n) is 1.78. The summed E-state index contributed by atoms with van der Waals surface area (Å²) in [5.41, 5.74) is 2.66. The van der Waals surface area contributed by atoms with Gasteiger partial charge in [-0.3, -0.25) is 0 Å². The zero-order chi connectivity index (χ0) is 14.0. The molecule has 1 aromatic carbocycles. The Balaban J connectivity index is 2.25. The summed E-state index contributed by atoms with van der Waals surface area (Å²) in [7, 11) is 0. The highest BCUT2D eigenvalue weighted by Crippen LogP contribution is 2.28. The highest BCUT2D eigenvalue weighted by Gasteiger charge is 2.12. The molecule has 0 aliphatic rings. The Morgan fingerprint density at radius 1 is 1.26 bits per heavy atom. The number of aryl methyl sites for hydroxylation is 1. The second-order valence-corrected chi connectivity index (χ2v) is 5.10. The van der Waals surface area contributed by atoms with E-state index in [0.717, 1.165) is 16.8 Å². The van der Waals surface area contributed by atoms with E-state index in [1.807, 2.05) is 19.9 Å². The first-order chi connectivity index (χ1) is 8.99. The number of hydrogen-bond donors (Lipinski definition) is 1. The Labute approximate surface area is 121 Å². The molecule has 0 saturated heterocycles. The molecule has 1 N–H and O–H groups in total. The van der Waals surface area contributed by atoms with E-state index in [4.69, 9.17) is 23.2 Å². The summed E-state index contributed by atoms with van der Waals surface area (Å²) < 4.78 is 13.1. The van der Waals surface area contributed by atoms with Crippen molar-refractivity contribution in [2.75, 3.05) is 5.32 Å². The van der Waals surface area contributed by atoms with Crippen molar-refractivity contribution in [2.24, 2.45) is 0 Å². The number of aromatic nitrogens is 1. The van der Waals surface area contributed by atoms with E-state index in [-0.39, 0.29) is 11.1 Å². The molecule has 2 rings (SSSR count). The predicted octanol–water partition coefficient (Wildman–Crippen LogP) is 5.01. The Bertz CT molecular complexity index is 582. The smallest absolute Gasteiger partial charge is 0.152 e. The SMILES string of the molecule is Cc1ccnc(Cl)c1NC(C)c1ccc(F)c(Cl)c1. The molecule has 1 aromatic heterocycles. The van der Waals surface area contributed by atoms with Gasteiger partial charge in [-0.05, 0) is 43.2 Å². The van der Waals surface area contributed by atoms with E-state index < -0.39 is 5.82 Å². The number of anilines is 1. The van der Waals surface area contributed by atoms with Gasteiger partial charge in [0.05, 0.1) is 10.7 Å². The molecule has 2 aromatic rings. The molecule has 100 valence electrons. The molecule has 0 amide bonds. The van der Waals surface area contributed by atoms with Gasteiger partial charge in [0.1, 0.15) is 5.82 Å². The molecular formula is C14H13Cl2FN2. The fourth-order valence-corrected chi connectivity index (χ4v) is 2.23. The third kappa shape index (κ3) is 3.17. The van der Waals surface area contributed by atoms with Crippen LogP contribution in [0.4, 0.5) is 10.1 Å². The number of hydrogen-bond acceptors (Lipinski definition) is 2. The predicted molar refractivity (Wildman–Crippen MR) is 77.4 cm³/mol. The van der Waals surface area contributed by atoms with E-state index in [2.05, 4.69) is 10.3 Å². The molecule has 1 atom stereocenters. The van der Waals surface area contributed by atoms with Crippen LogP contribution in [0.2, 0.25) is 10.2 Å². The Kier molecular flexibility index (Phi) is 4.27. The van der Waals surface area contributed by atoms with E-state index >= 15 is 0 Å². The molecule has 2 nitrogen and oxygen atoms in total. The van der Waals surface area contributed by atoms with Crippen LogP contribution in [0.5, 0.6) is 0 Å². The largest absolute Gasteiger partial charge is 0.376 e. The lowest BCUT2D eigenvalue weighted by Crippen LogP contribution is -2.08. The fraction of sp³-hybridized carbons (Fsp3) is 0.214. The molecule has 0 fully saturated rings. The van der Waals surface area contributed by atoms with Gasteiger partial charge in [-0.25, -0.2) is 9.37 Å². The zero-order valence-corrected chi connectivity index (χ0v) is 12.1. The summed E-state index contributed by atoms with van der Waals surface area (Å²) in [5, 5.41) is 3.79. The molecular weight excluding hydrogens is 286 g/mol. The van der Waals surface area contributed by atoms with Crippen molar-refractivity contribution in [2.45, 2.75) is 19.9 Å². The van der Waals surface area contributed by atoms with Gasteiger partial charge in [0.2, 0.25) is 0 Å². The first kappa shape index (κ1) is 14.1. The monoisotopic (exact) mass is 298 g/mol. The van der Waals surface area contributed by atoms with Gasteiger partial charge in [0.25, 0.3) is 0 Å². The molecule has 0 aliphatic carbocycles. The zero-order valence-electron chi connectivity index (χ0n) is 10.5. The maximum absolute atomic E-state index is 13.1. The molecule has 0 spiro atoms. The van der Waals surface area contributed by atoms with Crippen molar-refractivity contribution >= 4 is 28.9 Å². The summed E-state index contributed by atoms with van der Waals surface area (Å²) in [5.74, 6) is -0.423. The minimum atomic E-state index is -0.423. The van der Waals surface area contributed by atoms with Crippen LogP contribution in [0.3, 0.4) is 0 Å². The molecule has 5 heteroatoms. The van der Waals surface area contributed by atoms with Gasteiger partial charge in [-0.15, -0.1) is 0 Å². The van der Waals surface area contributed by atoms with Crippen molar-refractivity contribution in [1.29, 1.82) is 0 Å². The van der Waals surface area contributed by atoms with Gasteiger partial charge in [0, 0.05) is 12.2 Å². The van der Waals surface area contributed by atoms with Crippen molar-refractivity contribution in [3.63, 3.8) is 0 Å². The van der Waals surface area contributed by atoms with E-state index in [1.165, 1.54) is 6.07 Å². The number of nitrogens with zero attached hydrogens (tertiary/aromatic N) is 1. The second-order valence-electron chi connectivity index (χ2n) is 4.33. The van der Waals surface area contributed by atoms with Gasteiger partial charge in [-0.2, -0.15) is 0 Å². The summed E-state index contributed by atoms with van der Waals surface area (Å²) in [6, 6.07) is 6.47. The van der Waals surface area contributed by atoms with Crippen LogP contribution in [0.1, 0.15) is 24.1 Å². The van der Waals surface area contributed by atoms with E-state index in [0.29, 0.717) is 5.15 Å². The topological polar surface area (TPSA) is 24.9 Å². The molecule has 19 heavy (non-hydrogen) atoms. The number of halogens is 3. The van der Waals surface area contributed by atoms with Gasteiger partial charge >= 0.3 is 0 Å². The van der Waals surface area contributed by atoms with Crippen molar-refractivity contribution in [3.05, 3.63) is 57.6 Å². The summed E-state index contributed by atoms with van der Waals surface area (Å²) in [6.45, 7) is 3.90. The molecule has 0 aliphatic heterocycles. The van der Waals surface area contributed by atoms with Crippen molar-refractivity contribution < 1.29 is 4.39 Å². The van der Waals surface area contributed by atoms with Crippen LogP contribution in [0.25, 0.3) is 0 Å². The lowest BCUT2D eigenvalue weighted by Gasteiger charge is -2.18. The van der Waals surface area contributed by atoms with Crippen LogP contribution >= 0.6 is 23.2 Å². The van der Waals surface area contributed by atoms with Crippen LogP contribution in [0, 0.1) is 12.7 Å². The van der Waals surface area contributed by atoms with E-state index in [9.17, 15) is 4.39 Å². The second kappa shape index (κ2) is 5.76. The van der Waals surface area contributed by atoms with Crippen LogP contribution in [0.15, 0.2) is 30.5 Å². The quantitative estimate of drug-likeness (QED) is 0.806. The third-order valence-corrected chi connectivity index (χ3v) is 3.49. The number of pyridine rings is 1. The lowest BCUT2D eigenvalue weighted by molar-refractivity contribution is 0.627. The summed E-state index contributed by atoms with van der Waals surface area (Å²) >= 11 is 11.8. The number of nitrogens with one attached hydrogen (secondary N) is 1. The maximum Gasteiger partial charge on any atom is 0.152 e. The number of rotatable bonds is 3. The average molecular weight is 299 g/mol. The molecule has 1 heterocycles. The summed E-state index contributed by atoms with van der Waals surface area (Å²) in [4.78, 5) is 4.04. The standard InChI is InChI=1S/C14H13Cl2FN2/c1-8-5-6-18-14(16)13(8)19-9(2)10-3-4-12(17)11(15)7-10/h3-7,9,19H,1-2H3. The van der Waals surface area contributed by atoms with Gasteiger partial charge < -0.3 is 5.32 Å². The van der Waals surface area contributed by atoms with Crippen molar-refractivity contribution in [3.8, 4) is 0 Å². The van der Waals surface area contributed by atoms with Crippen LogP contribution in [-0.4, -0.2) is 4.98 Å². The number of benzene rings is 1. The molecule has 0 saturated carbocycles. The molecule has 1 unspecified atom stereocenters. The van der Waals surface area contributed by atoms with Gasteiger partial charge in [-0.1, -0.05) is 29.3 Å². The highest BCUT2D eigenvalue weighted by atomic mass is 35.5. The molecule has 0 radical (unpaired) electrons. The Hall–Kier alpha value is -1.32. The normalized spacial score (nSPS) is 12.3. The van der Waals surface area contributed by atoms with E-state index in [1.54, 1.807) is 18.3 Å². The molecule has 0 bridgehead atoms. The van der Waals surface area contributed by atoms with Crippen LogP contribution < -0.4 is 5.32 Å². The first-order valence-corrected chi connectivity index (χ1v) is 6.57. The third-order valence-electron chi connectivity index (χ3n) is 2.92. The Morgan fingerprint density at radius 2 is 2.00 bits per heavy atom. The minimum Gasteiger partial charge on any atom is -0.376 e. The maximum atomic E-state index is 13.1. The minimum absolute atomic E-state index is 0.0569.